The van der Waals surface area contributed by atoms with Crippen LogP contribution in [0.2, 0.25) is 0 Å². The molecule has 17 heavy (non-hydrogen) atoms. The number of benzene rings is 1. The van der Waals surface area contributed by atoms with Gasteiger partial charge in [-0.25, -0.2) is 0 Å². The Balaban J connectivity index is 2.09. The zero-order chi connectivity index (χ0) is 12.2. The van der Waals surface area contributed by atoms with Crippen LogP contribution in [0.5, 0.6) is 0 Å². The fourth-order valence-corrected chi connectivity index (χ4v) is 2.74. The van der Waals surface area contributed by atoms with Gasteiger partial charge in [-0.2, -0.15) is 0 Å². The molecule has 0 radical (unpaired) electrons. The van der Waals surface area contributed by atoms with Gasteiger partial charge in [-0.05, 0) is 25.0 Å². The molecule has 1 heterocycles. The van der Waals surface area contributed by atoms with Crippen LogP contribution in [0.1, 0.15) is 37.1 Å². The number of hydrogen-bond acceptors (Lipinski definition) is 4. The second-order valence-corrected chi connectivity index (χ2v) is 5.17. The quantitative estimate of drug-likeness (QED) is 0.710. The summed E-state index contributed by atoms with van der Waals surface area (Å²) >= 11 is 0. The highest BCUT2D eigenvalue weighted by Crippen LogP contribution is 2.46. The molecule has 2 aliphatic rings. The van der Waals surface area contributed by atoms with Crippen molar-refractivity contribution in [2.75, 3.05) is 0 Å². The lowest BCUT2D eigenvalue weighted by atomic mass is 9.82. The summed E-state index contributed by atoms with van der Waals surface area (Å²) in [6.07, 6.45) is -1.33. The first kappa shape index (κ1) is 11.2. The highest BCUT2D eigenvalue weighted by Gasteiger charge is 2.51. The first-order valence-corrected chi connectivity index (χ1v) is 5.88. The van der Waals surface area contributed by atoms with Crippen LogP contribution >= 0.6 is 0 Å². The first-order valence-electron chi connectivity index (χ1n) is 5.88. The van der Waals surface area contributed by atoms with Crippen LogP contribution in [-0.4, -0.2) is 23.1 Å². The maximum Gasteiger partial charge on any atom is 0.164 e. The average Bonchev–Trinajstić information content (AvgIpc) is 2.62. The van der Waals surface area contributed by atoms with Gasteiger partial charge in [0, 0.05) is 0 Å². The molecule has 1 aromatic carbocycles. The lowest BCUT2D eigenvalue weighted by Gasteiger charge is -2.34. The molecule has 1 aliphatic carbocycles. The molecule has 0 bridgehead atoms. The van der Waals surface area contributed by atoms with Gasteiger partial charge in [0.1, 0.15) is 18.3 Å². The van der Waals surface area contributed by atoms with E-state index in [9.17, 15) is 5.11 Å². The van der Waals surface area contributed by atoms with E-state index in [4.69, 9.17) is 15.2 Å². The van der Waals surface area contributed by atoms with Gasteiger partial charge in [-0.3, -0.25) is 0 Å². The number of rotatable bonds is 0. The van der Waals surface area contributed by atoms with E-state index in [1.54, 1.807) is 0 Å². The van der Waals surface area contributed by atoms with Crippen LogP contribution in [0.25, 0.3) is 0 Å². The van der Waals surface area contributed by atoms with Crippen molar-refractivity contribution in [3.05, 3.63) is 35.4 Å². The van der Waals surface area contributed by atoms with Crippen molar-refractivity contribution in [2.45, 2.75) is 44.0 Å². The Morgan fingerprint density at radius 2 is 1.82 bits per heavy atom. The van der Waals surface area contributed by atoms with E-state index in [0.29, 0.717) is 0 Å². The molecule has 0 amide bonds. The second-order valence-electron chi connectivity index (χ2n) is 5.17. The molecule has 4 nitrogen and oxygen atoms in total. The van der Waals surface area contributed by atoms with E-state index in [1.165, 1.54) is 0 Å². The van der Waals surface area contributed by atoms with Gasteiger partial charge in [0.15, 0.2) is 5.79 Å². The molecule has 4 atom stereocenters. The average molecular weight is 235 g/mol. The molecular weight excluding hydrogens is 218 g/mol. The van der Waals surface area contributed by atoms with Gasteiger partial charge in [0.25, 0.3) is 0 Å². The number of aliphatic hydroxyl groups excluding tert-OH is 1. The van der Waals surface area contributed by atoms with Crippen molar-refractivity contribution in [1.82, 2.24) is 0 Å². The maximum absolute atomic E-state index is 10.2. The molecule has 1 unspecified atom stereocenters. The summed E-state index contributed by atoms with van der Waals surface area (Å²) in [6, 6.07) is 7.39. The van der Waals surface area contributed by atoms with Crippen LogP contribution in [0.15, 0.2) is 24.3 Å². The summed E-state index contributed by atoms with van der Waals surface area (Å²) in [5.41, 5.74) is 8.02. The number of aliphatic hydroxyl groups is 1. The molecule has 1 fully saturated rings. The molecule has 1 saturated heterocycles. The third-order valence-corrected chi connectivity index (χ3v) is 3.50. The Kier molecular flexibility index (Phi) is 2.32. The SMILES string of the molecule is CC1(C)O[C@@H]2[C@H](O1)c1ccccc1C(N)[C@H]2O. The van der Waals surface area contributed by atoms with Crippen molar-refractivity contribution < 1.29 is 14.6 Å². The van der Waals surface area contributed by atoms with Gasteiger partial charge in [0.05, 0.1) is 6.04 Å². The predicted octanol–water partition coefficient (Wildman–Crippen LogP) is 1.25. The Labute approximate surface area is 100 Å². The molecule has 3 rings (SSSR count). The Morgan fingerprint density at radius 3 is 2.53 bits per heavy atom. The van der Waals surface area contributed by atoms with E-state index in [1.807, 2.05) is 38.1 Å². The molecule has 1 aliphatic heterocycles. The lowest BCUT2D eigenvalue weighted by Crippen LogP contribution is -2.44. The van der Waals surface area contributed by atoms with Crippen LogP contribution in [0, 0.1) is 0 Å². The predicted molar refractivity (Wildman–Crippen MR) is 62.2 cm³/mol. The molecular formula is C13H17NO3. The minimum absolute atomic E-state index is 0.226. The molecule has 1 aromatic rings. The van der Waals surface area contributed by atoms with Gasteiger partial charge in [-0.15, -0.1) is 0 Å². The molecule has 0 spiro atoms. The Bertz CT molecular complexity index is 446. The zero-order valence-corrected chi connectivity index (χ0v) is 9.96. The summed E-state index contributed by atoms with van der Waals surface area (Å²) in [6.45, 7) is 3.71. The topological polar surface area (TPSA) is 64.7 Å². The van der Waals surface area contributed by atoms with Gasteiger partial charge >= 0.3 is 0 Å². The third kappa shape index (κ3) is 1.60. The lowest BCUT2D eigenvalue weighted by molar-refractivity contribution is -0.155. The Morgan fingerprint density at radius 1 is 1.18 bits per heavy atom. The monoisotopic (exact) mass is 235 g/mol. The summed E-state index contributed by atoms with van der Waals surface area (Å²) < 4.78 is 11.6. The van der Waals surface area contributed by atoms with Crippen molar-refractivity contribution in [3.8, 4) is 0 Å². The zero-order valence-electron chi connectivity index (χ0n) is 9.96. The van der Waals surface area contributed by atoms with Crippen LogP contribution in [0.3, 0.4) is 0 Å². The minimum Gasteiger partial charge on any atom is -0.388 e. The second kappa shape index (κ2) is 3.53. The van der Waals surface area contributed by atoms with E-state index in [2.05, 4.69) is 0 Å². The Hall–Kier alpha value is -0.940. The van der Waals surface area contributed by atoms with Crippen LogP contribution < -0.4 is 5.73 Å². The maximum atomic E-state index is 10.2. The summed E-state index contributed by atoms with van der Waals surface area (Å²) in [4.78, 5) is 0. The molecule has 4 heteroatoms. The van der Waals surface area contributed by atoms with Crippen molar-refractivity contribution in [1.29, 1.82) is 0 Å². The smallest absolute Gasteiger partial charge is 0.164 e. The number of nitrogens with two attached hydrogens (primary N) is 1. The standard InChI is InChI=1S/C13H17NO3/c1-13(2)16-11-8-6-4-3-5-7(8)9(14)10(15)12(11)17-13/h3-6,9-12,15H,14H2,1-2H3/t9?,10-,11-,12+/m1/s1. The van der Waals surface area contributed by atoms with Gasteiger partial charge in [-0.1, -0.05) is 24.3 Å². The fourth-order valence-electron chi connectivity index (χ4n) is 2.74. The van der Waals surface area contributed by atoms with Crippen molar-refractivity contribution in [2.24, 2.45) is 5.73 Å². The van der Waals surface area contributed by atoms with Crippen molar-refractivity contribution in [3.63, 3.8) is 0 Å². The highest BCUT2D eigenvalue weighted by atomic mass is 16.8. The molecule has 0 aromatic heterocycles. The largest absolute Gasteiger partial charge is 0.388 e. The number of hydrogen-bond donors (Lipinski definition) is 2. The van der Waals surface area contributed by atoms with Crippen LogP contribution in [-0.2, 0) is 9.47 Å². The van der Waals surface area contributed by atoms with Crippen LogP contribution in [0.4, 0.5) is 0 Å². The first-order chi connectivity index (χ1) is 7.99. The van der Waals surface area contributed by atoms with Gasteiger partial charge < -0.3 is 20.3 Å². The molecule has 3 N–H and O–H groups in total. The van der Waals surface area contributed by atoms with Gasteiger partial charge in [0.2, 0.25) is 0 Å². The third-order valence-electron chi connectivity index (χ3n) is 3.50. The van der Waals surface area contributed by atoms with E-state index >= 15 is 0 Å². The molecule has 92 valence electrons. The van der Waals surface area contributed by atoms with E-state index in [-0.39, 0.29) is 12.2 Å². The van der Waals surface area contributed by atoms with E-state index in [0.717, 1.165) is 11.1 Å². The minimum atomic E-state index is -0.725. The number of ether oxygens (including phenoxy) is 2. The number of fused-ring (bicyclic) bond motifs is 3. The highest BCUT2D eigenvalue weighted by molar-refractivity contribution is 5.37. The normalized spacial score (nSPS) is 38.6. The fraction of sp³-hybridized carbons (Fsp3) is 0.538. The summed E-state index contributed by atoms with van der Waals surface area (Å²) in [5.74, 6) is -0.673. The van der Waals surface area contributed by atoms with Crippen molar-refractivity contribution >= 4 is 0 Å². The summed E-state index contributed by atoms with van der Waals surface area (Å²) in [7, 11) is 0. The van der Waals surface area contributed by atoms with E-state index < -0.39 is 17.9 Å². The molecule has 0 saturated carbocycles. The summed E-state index contributed by atoms with van der Waals surface area (Å²) in [5, 5.41) is 10.2.